The number of carbonyl (C=O) groups is 1. The standard InChI is InChI=1S/C14H12FNO3/c1-16(11-7-3-2-6-10(11)15)14(19)9-5-4-8-12(17)13(9)18/h2-8,17-18H,1H3. The summed E-state index contributed by atoms with van der Waals surface area (Å²) in [5, 5.41) is 19.0. The van der Waals surface area contributed by atoms with E-state index in [1.807, 2.05) is 0 Å². The Hall–Kier alpha value is -2.56. The highest BCUT2D eigenvalue weighted by Gasteiger charge is 2.20. The van der Waals surface area contributed by atoms with E-state index < -0.39 is 23.2 Å². The van der Waals surface area contributed by atoms with Crippen LogP contribution in [-0.2, 0) is 0 Å². The molecule has 98 valence electrons. The summed E-state index contributed by atoms with van der Waals surface area (Å²) < 4.78 is 13.6. The molecular formula is C14H12FNO3. The molecule has 0 saturated carbocycles. The second-order valence-electron chi connectivity index (χ2n) is 3.99. The molecule has 0 bridgehead atoms. The predicted molar refractivity (Wildman–Crippen MR) is 68.9 cm³/mol. The van der Waals surface area contributed by atoms with Crippen LogP contribution in [0.4, 0.5) is 10.1 Å². The van der Waals surface area contributed by atoms with Crippen molar-refractivity contribution in [1.82, 2.24) is 0 Å². The van der Waals surface area contributed by atoms with Crippen molar-refractivity contribution >= 4 is 11.6 Å². The zero-order valence-electron chi connectivity index (χ0n) is 10.2. The normalized spacial score (nSPS) is 10.2. The Balaban J connectivity index is 2.40. The van der Waals surface area contributed by atoms with Crippen LogP contribution in [0.25, 0.3) is 0 Å². The summed E-state index contributed by atoms with van der Waals surface area (Å²) in [4.78, 5) is 13.2. The van der Waals surface area contributed by atoms with Crippen LogP contribution in [0.5, 0.6) is 11.5 Å². The van der Waals surface area contributed by atoms with Gasteiger partial charge in [-0.3, -0.25) is 4.79 Å². The number of rotatable bonds is 2. The molecule has 19 heavy (non-hydrogen) atoms. The van der Waals surface area contributed by atoms with E-state index in [9.17, 15) is 19.4 Å². The van der Waals surface area contributed by atoms with Crippen molar-refractivity contribution in [3.05, 3.63) is 53.8 Å². The second-order valence-corrected chi connectivity index (χ2v) is 3.99. The van der Waals surface area contributed by atoms with Gasteiger partial charge in [0.2, 0.25) is 0 Å². The molecule has 4 nitrogen and oxygen atoms in total. The van der Waals surface area contributed by atoms with Gasteiger partial charge in [-0.05, 0) is 24.3 Å². The number of aromatic hydroxyl groups is 2. The number of halogens is 1. The molecule has 0 fully saturated rings. The van der Waals surface area contributed by atoms with Crippen LogP contribution >= 0.6 is 0 Å². The first-order chi connectivity index (χ1) is 9.02. The summed E-state index contributed by atoms with van der Waals surface area (Å²) in [6.07, 6.45) is 0. The Morgan fingerprint density at radius 2 is 1.79 bits per heavy atom. The minimum atomic E-state index is -0.612. The lowest BCUT2D eigenvalue weighted by molar-refractivity contribution is 0.0989. The van der Waals surface area contributed by atoms with Crippen molar-refractivity contribution in [2.24, 2.45) is 0 Å². The van der Waals surface area contributed by atoms with Crippen molar-refractivity contribution in [1.29, 1.82) is 0 Å². The van der Waals surface area contributed by atoms with Crippen LogP contribution in [0.1, 0.15) is 10.4 Å². The number of phenolic OH excluding ortho intramolecular Hbond substituents is 2. The molecule has 0 spiro atoms. The molecule has 0 aliphatic rings. The van der Waals surface area contributed by atoms with Crippen LogP contribution in [-0.4, -0.2) is 23.2 Å². The molecule has 5 heteroatoms. The van der Waals surface area contributed by atoms with E-state index in [2.05, 4.69) is 0 Å². The smallest absolute Gasteiger partial charge is 0.261 e. The average Bonchev–Trinajstić information content (AvgIpc) is 2.41. The lowest BCUT2D eigenvalue weighted by atomic mass is 10.1. The first-order valence-corrected chi connectivity index (χ1v) is 5.56. The Labute approximate surface area is 109 Å². The predicted octanol–water partition coefficient (Wildman–Crippen LogP) is 2.51. The van der Waals surface area contributed by atoms with Gasteiger partial charge in [0.25, 0.3) is 5.91 Å². The van der Waals surface area contributed by atoms with Crippen LogP contribution in [0.15, 0.2) is 42.5 Å². The third-order valence-electron chi connectivity index (χ3n) is 2.76. The molecule has 0 aliphatic heterocycles. The summed E-state index contributed by atoms with van der Waals surface area (Å²) >= 11 is 0. The summed E-state index contributed by atoms with van der Waals surface area (Å²) in [6, 6.07) is 9.85. The molecule has 1 amide bonds. The largest absolute Gasteiger partial charge is 0.504 e. The number of carbonyl (C=O) groups excluding carboxylic acids is 1. The van der Waals surface area contributed by atoms with Gasteiger partial charge in [0, 0.05) is 7.05 Å². The topological polar surface area (TPSA) is 60.8 Å². The van der Waals surface area contributed by atoms with Crippen molar-refractivity contribution < 1.29 is 19.4 Å². The number of hydrogen-bond donors (Lipinski definition) is 2. The first-order valence-electron chi connectivity index (χ1n) is 5.56. The van der Waals surface area contributed by atoms with E-state index in [0.717, 1.165) is 4.90 Å². The first kappa shape index (κ1) is 12.9. The maximum absolute atomic E-state index is 13.6. The van der Waals surface area contributed by atoms with Gasteiger partial charge >= 0.3 is 0 Å². The van der Waals surface area contributed by atoms with Crippen LogP contribution in [0.3, 0.4) is 0 Å². The highest BCUT2D eigenvalue weighted by Crippen LogP contribution is 2.30. The highest BCUT2D eigenvalue weighted by atomic mass is 19.1. The number of nitrogens with zero attached hydrogens (tertiary/aromatic N) is 1. The zero-order chi connectivity index (χ0) is 14.0. The molecule has 2 N–H and O–H groups in total. The molecule has 0 aliphatic carbocycles. The minimum absolute atomic E-state index is 0.0919. The summed E-state index contributed by atoms with van der Waals surface area (Å²) in [6.45, 7) is 0. The van der Waals surface area contributed by atoms with Crippen molar-refractivity contribution in [2.75, 3.05) is 11.9 Å². The van der Waals surface area contributed by atoms with E-state index in [-0.39, 0.29) is 11.3 Å². The SMILES string of the molecule is CN(C(=O)c1cccc(O)c1O)c1ccccc1F. The third-order valence-corrected chi connectivity index (χ3v) is 2.76. The second kappa shape index (κ2) is 4.97. The van der Waals surface area contributed by atoms with Crippen LogP contribution < -0.4 is 4.90 Å². The van der Waals surface area contributed by atoms with Gasteiger partial charge in [-0.25, -0.2) is 4.39 Å². The van der Waals surface area contributed by atoms with Gasteiger partial charge < -0.3 is 15.1 Å². The summed E-state index contributed by atoms with van der Waals surface area (Å²) in [7, 11) is 1.39. The molecular weight excluding hydrogens is 249 g/mol. The van der Waals surface area contributed by atoms with E-state index in [4.69, 9.17) is 0 Å². The molecule has 2 aromatic carbocycles. The summed E-state index contributed by atoms with van der Waals surface area (Å²) in [5.74, 6) is -2.07. The third kappa shape index (κ3) is 2.35. The summed E-state index contributed by atoms with van der Waals surface area (Å²) in [5.41, 5.74) is 0.000922. The molecule has 0 atom stereocenters. The molecule has 0 radical (unpaired) electrons. The fraction of sp³-hybridized carbons (Fsp3) is 0.0714. The number of amides is 1. The Bertz CT molecular complexity index is 628. The lowest BCUT2D eigenvalue weighted by Gasteiger charge is -2.18. The van der Waals surface area contributed by atoms with Crippen LogP contribution in [0, 0.1) is 5.82 Å². The monoisotopic (exact) mass is 261 g/mol. The van der Waals surface area contributed by atoms with Gasteiger partial charge in [-0.1, -0.05) is 18.2 Å². The van der Waals surface area contributed by atoms with Gasteiger partial charge in [-0.2, -0.15) is 0 Å². The Morgan fingerprint density at radius 1 is 1.11 bits per heavy atom. The van der Waals surface area contributed by atoms with E-state index in [1.54, 1.807) is 6.07 Å². The maximum atomic E-state index is 13.6. The lowest BCUT2D eigenvalue weighted by Crippen LogP contribution is -2.27. The molecule has 0 heterocycles. The fourth-order valence-electron chi connectivity index (χ4n) is 1.72. The van der Waals surface area contributed by atoms with Gasteiger partial charge in [0.15, 0.2) is 11.5 Å². The number of benzene rings is 2. The number of para-hydroxylation sites is 2. The van der Waals surface area contributed by atoms with E-state index in [1.165, 1.54) is 43.4 Å². The Kier molecular flexibility index (Phi) is 3.37. The van der Waals surface area contributed by atoms with E-state index in [0.29, 0.717) is 0 Å². The number of phenols is 2. The highest BCUT2D eigenvalue weighted by molar-refractivity contribution is 6.08. The van der Waals surface area contributed by atoms with Crippen LogP contribution in [0.2, 0.25) is 0 Å². The molecule has 0 saturated heterocycles. The van der Waals surface area contributed by atoms with E-state index >= 15 is 0 Å². The molecule has 0 unspecified atom stereocenters. The number of hydrogen-bond acceptors (Lipinski definition) is 3. The van der Waals surface area contributed by atoms with Gasteiger partial charge in [0.1, 0.15) is 5.82 Å². The Morgan fingerprint density at radius 3 is 2.47 bits per heavy atom. The fourth-order valence-corrected chi connectivity index (χ4v) is 1.72. The quantitative estimate of drug-likeness (QED) is 0.816. The maximum Gasteiger partial charge on any atom is 0.261 e. The van der Waals surface area contributed by atoms with Crippen molar-refractivity contribution in [2.45, 2.75) is 0 Å². The van der Waals surface area contributed by atoms with Crippen molar-refractivity contribution in [3.63, 3.8) is 0 Å². The minimum Gasteiger partial charge on any atom is -0.504 e. The molecule has 2 aromatic rings. The van der Waals surface area contributed by atoms with Gasteiger partial charge in [-0.15, -0.1) is 0 Å². The zero-order valence-corrected chi connectivity index (χ0v) is 10.2. The van der Waals surface area contributed by atoms with Gasteiger partial charge in [0.05, 0.1) is 11.3 Å². The van der Waals surface area contributed by atoms with Crippen molar-refractivity contribution in [3.8, 4) is 11.5 Å². The molecule has 2 rings (SSSR count). The average molecular weight is 261 g/mol. The molecule has 0 aromatic heterocycles. The number of anilines is 1.